The molecule has 1 aliphatic carbocycles. The summed E-state index contributed by atoms with van der Waals surface area (Å²) < 4.78 is 5.91. The third-order valence-electron chi connectivity index (χ3n) is 3.93. The number of anilines is 1. The van der Waals surface area contributed by atoms with Crippen LogP contribution in [-0.4, -0.2) is 29.0 Å². The van der Waals surface area contributed by atoms with Crippen LogP contribution in [0.2, 0.25) is 0 Å². The van der Waals surface area contributed by atoms with Crippen LogP contribution in [0.15, 0.2) is 18.3 Å². The average molecular weight is 308 g/mol. The molecule has 0 radical (unpaired) electrons. The summed E-state index contributed by atoms with van der Waals surface area (Å²) in [5.74, 6) is 1.79. The summed E-state index contributed by atoms with van der Waals surface area (Å²) in [6.45, 7) is 2.60. The van der Waals surface area contributed by atoms with Crippen LogP contribution in [0.4, 0.5) is 5.82 Å². The van der Waals surface area contributed by atoms with Crippen molar-refractivity contribution in [2.75, 3.05) is 18.2 Å². The smallest absolute Gasteiger partial charge is 0.238 e. The van der Waals surface area contributed by atoms with Gasteiger partial charge in [0, 0.05) is 6.20 Å². The number of aromatic nitrogens is 1. The number of amides is 1. The summed E-state index contributed by atoms with van der Waals surface area (Å²) in [6.07, 6.45) is 10.0. The second kappa shape index (κ2) is 8.27. The van der Waals surface area contributed by atoms with Gasteiger partial charge in [-0.15, -0.1) is 0 Å². The van der Waals surface area contributed by atoms with Gasteiger partial charge in [0.05, 0.1) is 11.9 Å². The second-order valence-corrected chi connectivity index (χ2v) is 6.71. The normalized spacial score (nSPS) is 17.2. The SMILES string of the molecule is CS[C@H](C)C(=O)Nc1ncccc1OCC1CCCCC1. The third kappa shape index (κ3) is 4.92. The molecule has 1 fully saturated rings. The van der Waals surface area contributed by atoms with Gasteiger partial charge in [0.15, 0.2) is 11.6 Å². The zero-order chi connectivity index (χ0) is 15.1. The Morgan fingerprint density at radius 2 is 2.24 bits per heavy atom. The minimum Gasteiger partial charge on any atom is -0.489 e. The fourth-order valence-corrected chi connectivity index (χ4v) is 2.76. The zero-order valence-corrected chi connectivity index (χ0v) is 13.6. The predicted molar refractivity (Wildman–Crippen MR) is 87.9 cm³/mol. The highest BCUT2D eigenvalue weighted by Crippen LogP contribution is 2.27. The Hall–Kier alpha value is -1.23. The van der Waals surface area contributed by atoms with Crippen molar-refractivity contribution in [1.82, 2.24) is 4.98 Å². The first-order chi connectivity index (χ1) is 10.2. The molecule has 0 aromatic carbocycles. The van der Waals surface area contributed by atoms with Gasteiger partial charge in [0.2, 0.25) is 5.91 Å². The lowest BCUT2D eigenvalue weighted by Crippen LogP contribution is -2.23. The number of nitrogens with one attached hydrogen (secondary N) is 1. The number of nitrogens with zero attached hydrogens (tertiary/aromatic N) is 1. The fraction of sp³-hybridized carbons (Fsp3) is 0.625. The van der Waals surface area contributed by atoms with Crippen molar-refractivity contribution in [3.8, 4) is 5.75 Å². The van der Waals surface area contributed by atoms with E-state index in [1.54, 1.807) is 6.20 Å². The number of carbonyl (C=O) groups excluding carboxylic acids is 1. The van der Waals surface area contributed by atoms with Crippen molar-refractivity contribution in [2.24, 2.45) is 5.92 Å². The maximum Gasteiger partial charge on any atom is 0.238 e. The first-order valence-corrected chi connectivity index (χ1v) is 8.91. The topological polar surface area (TPSA) is 51.2 Å². The number of thioether (sulfide) groups is 1. The van der Waals surface area contributed by atoms with Crippen molar-refractivity contribution in [3.63, 3.8) is 0 Å². The minimum absolute atomic E-state index is 0.0382. The lowest BCUT2D eigenvalue weighted by atomic mass is 9.90. The first-order valence-electron chi connectivity index (χ1n) is 7.62. The molecule has 0 saturated heterocycles. The van der Waals surface area contributed by atoms with E-state index in [1.807, 2.05) is 25.3 Å². The van der Waals surface area contributed by atoms with Gasteiger partial charge >= 0.3 is 0 Å². The molecule has 2 rings (SSSR count). The standard InChI is InChI=1S/C16H24N2O2S/c1-12(21-2)16(19)18-15-14(9-6-10-17-15)20-11-13-7-4-3-5-8-13/h6,9-10,12-13H,3-5,7-8,11H2,1-2H3,(H,17,18,19)/t12-/m1/s1. The Bertz CT molecular complexity index is 461. The van der Waals surface area contributed by atoms with E-state index in [-0.39, 0.29) is 11.2 Å². The molecule has 1 aliphatic rings. The molecule has 0 spiro atoms. The van der Waals surface area contributed by atoms with Gasteiger partial charge in [-0.1, -0.05) is 19.3 Å². The van der Waals surface area contributed by atoms with Crippen LogP contribution >= 0.6 is 11.8 Å². The van der Waals surface area contributed by atoms with E-state index in [1.165, 1.54) is 43.9 Å². The van der Waals surface area contributed by atoms with Gasteiger partial charge < -0.3 is 10.1 Å². The van der Waals surface area contributed by atoms with Crippen molar-refractivity contribution in [3.05, 3.63) is 18.3 Å². The van der Waals surface area contributed by atoms with E-state index < -0.39 is 0 Å². The average Bonchev–Trinajstić information content (AvgIpc) is 2.54. The molecule has 1 aromatic rings. The van der Waals surface area contributed by atoms with E-state index in [0.717, 1.165) is 0 Å². The summed E-state index contributed by atoms with van der Waals surface area (Å²) in [4.78, 5) is 16.2. The summed E-state index contributed by atoms with van der Waals surface area (Å²) in [5, 5.41) is 2.75. The molecular formula is C16H24N2O2S. The molecule has 21 heavy (non-hydrogen) atoms. The number of hydrogen-bond acceptors (Lipinski definition) is 4. The highest BCUT2D eigenvalue weighted by atomic mass is 32.2. The monoisotopic (exact) mass is 308 g/mol. The van der Waals surface area contributed by atoms with Gasteiger partial charge in [-0.25, -0.2) is 4.98 Å². The molecule has 1 N–H and O–H groups in total. The molecule has 1 amide bonds. The van der Waals surface area contributed by atoms with Crippen molar-refractivity contribution in [2.45, 2.75) is 44.3 Å². The summed E-state index contributed by atoms with van der Waals surface area (Å²) in [5.41, 5.74) is 0. The molecule has 1 atom stereocenters. The number of hydrogen-bond donors (Lipinski definition) is 1. The Labute approximate surface area is 131 Å². The van der Waals surface area contributed by atoms with Gasteiger partial charge in [-0.2, -0.15) is 11.8 Å². The van der Waals surface area contributed by atoms with E-state index in [0.29, 0.717) is 24.1 Å². The first kappa shape index (κ1) is 16.1. The summed E-state index contributed by atoms with van der Waals surface area (Å²) in [7, 11) is 0. The Kier molecular flexibility index (Phi) is 6.36. The maximum atomic E-state index is 12.0. The molecule has 1 aromatic heterocycles. The predicted octanol–water partition coefficient (Wildman–Crippen LogP) is 3.73. The quantitative estimate of drug-likeness (QED) is 0.870. The number of pyridine rings is 1. The van der Waals surface area contributed by atoms with E-state index >= 15 is 0 Å². The van der Waals surface area contributed by atoms with Crippen LogP contribution in [0.1, 0.15) is 39.0 Å². The van der Waals surface area contributed by atoms with Gasteiger partial charge in [0.1, 0.15) is 0 Å². The largest absolute Gasteiger partial charge is 0.489 e. The Morgan fingerprint density at radius 1 is 1.48 bits per heavy atom. The lowest BCUT2D eigenvalue weighted by molar-refractivity contribution is -0.115. The third-order valence-corrected chi connectivity index (χ3v) is 4.86. The molecule has 0 unspecified atom stereocenters. The molecule has 0 bridgehead atoms. The Balaban J connectivity index is 1.94. The van der Waals surface area contributed by atoms with E-state index in [4.69, 9.17) is 4.74 Å². The van der Waals surface area contributed by atoms with Crippen LogP contribution < -0.4 is 10.1 Å². The molecule has 1 heterocycles. The molecule has 4 nitrogen and oxygen atoms in total. The minimum atomic E-state index is -0.0989. The van der Waals surface area contributed by atoms with Gasteiger partial charge in [-0.3, -0.25) is 4.79 Å². The molecule has 1 saturated carbocycles. The number of rotatable bonds is 6. The molecule has 116 valence electrons. The van der Waals surface area contributed by atoms with Crippen molar-refractivity contribution in [1.29, 1.82) is 0 Å². The van der Waals surface area contributed by atoms with Crippen molar-refractivity contribution < 1.29 is 9.53 Å². The van der Waals surface area contributed by atoms with Crippen LogP contribution in [0.3, 0.4) is 0 Å². The maximum absolute atomic E-state index is 12.0. The molecular weight excluding hydrogens is 284 g/mol. The highest BCUT2D eigenvalue weighted by molar-refractivity contribution is 7.99. The van der Waals surface area contributed by atoms with E-state index in [2.05, 4.69) is 10.3 Å². The van der Waals surface area contributed by atoms with Crippen LogP contribution in [0.25, 0.3) is 0 Å². The lowest BCUT2D eigenvalue weighted by Gasteiger charge is -2.22. The molecule has 5 heteroatoms. The van der Waals surface area contributed by atoms with Crippen LogP contribution in [0, 0.1) is 5.92 Å². The zero-order valence-electron chi connectivity index (χ0n) is 12.8. The number of carbonyl (C=O) groups is 1. The second-order valence-electron chi connectivity index (χ2n) is 5.53. The van der Waals surface area contributed by atoms with Gasteiger partial charge in [0.25, 0.3) is 0 Å². The molecule has 0 aliphatic heterocycles. The summed E-state index contributed by atoms with van der Waals surface area (Å²) in [6, 6.07) is 3.71. The summed E-state index contributed by atoms with van der Waals surface area (Å²) >= 11 is 1.51. The van der Waals surface area contributed by atoms with Gasteiger partial charge in [-0.05, 0) is 44.1 Å². The van der Waals surface area contributed by atoms with Crippen molar-refractivity contribution >= 4 is 23.5 Å². The van der Waals surface area contributed by atoms with E-state index in [9.17, 15) is 4.79 Å². The fourth-order valence-electron chi connectivity index (χ4n) is 2.49. The van der Waals surface area contributed by atoms with Crippen LogP contribution in [-0.2, 0) is 4.79 Å². The highest BCUT2D eigenvalue weighted by Gasteiger charge is 2.17. The number of ether oxygens (including phenoxy) is 1. The Morgan fingerprint density at radius 3 is 2.95 bits per heavy atom. The van der Waals surface area contributed by atoms with Crippen LogP contribution in [0.5, 0.6) is 5.75 Å².